The summed E-state index contributed by atoms with van der Waals surface area (Å²) in [6.45, 7) is 2.15. The average Bonchev–Trinajstić information content (AvgIpc) is 2.58. The molecule has 0 radical (unpaired) electrons. The zero-order chi connectivity index (χ0) is 10.1. The molecule has 0 bridgehead atoms. The molecule has 0 spiro atoms. The lowest BCUT2D eigenvalue weighted by atomic mass is 10.0. The van der Waals surface area contributed by atoms with Crippen molar-refractivity contribution >= 4 is 0 Å². The molecular formula is C12H17NO. The van der Waals surface area contributed by atoms with Gasteiger partial charge in [0, 0.05) is 6.04 Å². The number of nitrogens with two attached hydrogens (primary N) is 1. The number of fused-ring (bicyclic) bond motifs is 1. The topological polar surface area (TPSA) is 35.2 Å². The molecule has 76 valence electrons. The first kappa shape index (κ1) is 9.53. The van der Waals surface area contributed by atoms with Gasteiger partial charge in [-0.05, 0) is 42.0 Å². The number of rotatable bonds is 2. The number of aryl methyl sites for hydroxylation is 2. The molecule has 0 heterocycles. The van der Waals surface area contributed by atoms with Crippen molar-refractivity contribution in [3.05, 3.63) is 28.8 Å². The van der Waals surface area contributed by atoms with Crippen LogP contribution in [0.5, 0.6) is 5.75 Å². The van der Waals surface area contributed by atoms with Crippen molar-refractivity contribution in [3.63, 3.8) is 0 Å². The van der Waals surface area contributed by atoms with Crippen LogP contribution in [0.3, 0.4) is 0 Å². The van der Waals surface area contributed by atoms with Crippen molar-refractivity contribution < 1.29 is 4.74 Å². The van der Waals surface area contributed by atoms with Gasteiger partial charge in [-0.15, -0.1) is 0 Å². The summed E-state index contributed by atoms with van der Waals surface area (Å²) in [6, 6.07) is 4.58. The Bertz CT molecular complexity index is 346. The largest absolute Gasteiger partial charge is 0.496 e. The van der Waals surface area contributed by atoms with Gasteiger partial charge in [0.2, 0.25) is 0 Å². The van der Waals surface area contributed by atoms with E-state index in [0.29, 0.717) is 0 Å². The lowest BCUT2D eigenvalue weighted by molar-refractivity contribution is 0.409. The molecule has 1 aliphatic rings. The third-order valence-corrected chi connectivity index (χ3v) is 3.05. The molecule has 0 aliphatic heterocycles. The molecule has 2 heteroatoms. The molecule has 0 unspecified atom stereocenters. The van der Waals surface area contributed by atoms with E-state index in [0.717, 1.165) is 25.0 Å². The summed E-state index contributed by atoms with van der Waals surface area (Å²) >= 11 is 0. The van der Waals surface area contributed by atoms with E-state index >= 15 is 0 Å². The fourth-order valence-corrected chi connectivity index (χ4v) is 2.19. The van der Waals surface area contributed by atoms with E-state index in [1.807, 2.05) is 0 Å². The summed E-state index contributed by atoms with van der Waals surface area (Å²) in [5.41, 5.74) is 9.99. The minimum Gasteiger partial charge on any atom is -0.496 e. The molecule has 0 fully saturated rings. The van der Waals surface area contributed by atoms with E-state index in [4.69, 9.17) is 10.5 Å². The van der Waals surface area contributed by atoms with Gasteiger partial charge in [0.15, 0.2) is 0 Å². The number of methoxy groups -OCH3 is 1. The van der Waals surface area contributed by atoms with E-state index in [-0.39, 0.29) is 6.04 Å². The van der Waals surface area contributed by atoms with Crippen molar-refractivity contribution in [2.45, 2.75) is 32.2 Å². The van der Waals surface area contributed by atoms with Gasteiger partial charge in [0.1, 0.15) is 5.75 Å². The van der Waals surface area contributed by atoms with E-state index in [9.17, 15) is 0 Å². The zero-order valence-corrected chi connectivity index (χ0v) is 8.84. The monoisotopic (exact) mass is 191 g/mol. The molecule has 0 saturated heterocycles. The van der Waals surface area contributed by atoms with Crippen molar-refractivity contribution in [1.82, 2.24) is 0 Å². The van der Waals surface area contributed by atoms with Crippen LogP contribution in [0.15, 0.2) is 12.1 Å². The molecule has 14 heavy (non-hydrogen) atoms. The van der Waals surface area contributed by atoms with Crippen LogP contribution in [0.1, 0.15) is 36.1 Å². The standard InChI is InChI=1S/C12H17NO/c1-3-8-6-9-4-5-11(13)10(9)7-12(8)14-2/h6-7,11H,3-5,13H2,1-2H3/t11-/m1/s1. The van der Waals surface area contributed by atoms with Crippen LogP contribution in [-0.2, 0) is 12.8 Å². The van der Waals surface area contributed by atoms with E-state index in [1.165, 1.54) is 16.7 Å². The SMILES string of the molecule is CCc1cc2c(cc1OC)[C@H](N)CC2. The number of hydrogen-bond donors (Lipinski definition) is 1. The second kappa shape index (κ2) is 3.62. The molecule has 2 rings (SSSR count). The van der Waals surface area contributed by atoms with Crippen LogP contribution < -0.4 is 10.5 Å². The third kappa shape index (κ3) is 1.40. The van der Waals surface area contributed by atoms with Gasteiger partial charge < -0.3 is 10.5 Å². The highest BCUT2D eigenvalue weighted by atomic mass is 16.5. The molecule has 0 aromatic heterocycles. The minimum absolute atomic E-state index is 0.213. The Morgan fingerprint density at radius 2 is 2.29 bits per heavy atom. The zero-order valence-electron chi connectivity index (χ0n) is 8.84. The number of benzene rings is 1. The first-order valence-electron chi connectivity index (χ1n) is 5.21. The summed E-state index contributed by atoms with van der Waals surface area (Å²) in [6.07, 6.45) is 3.21. The third-order valence-electron chi connectivity index (χ3n) is 3.05. The maximum Gasteiger partial charge on any atom is 0.122 e. The highest BCUT2D eigenvalue weighted by Gasteiger charge is 2.20. The quantitative estimate of drug-likeness (QED) is 0.777. The second-order valence-corrected chi connectivity index (χ2v) is 3.86. The lowest BCUT2D eigenvalue weighted by Crippen LogP contribution is -2.05. The van der Waals surface area contributed by atoms with Crippen LogP contribution in [0.2, 0.25) is 0 Å². The first-order valence-corrected chi connectivity index (χ1v) is 5.21. The predicted molar refractivity (Wildman–Crippen MR) is 57.6 cm³/mol. The van der Waals surface area contributed by atoms with E-state index < -0.39 is 0 Å². The summed E-state index contributed by atoms with van der Waals surface area (Å²) in [5.74, 6) is 0.989. The van der Waals surface area contributed by atoms with Gasteiger partial charge in [0.25, 0.3) is 0 Å². The minimum atomic E-state index is 0.213. The normalized spacial score (nSPS) is 19.5. The summed E-state index contributed by atoms with van der Waals surface area (Å²) in [4.78, 5) is 0. The molecule has 0 amide bonds. The van der Waals surface area contributed by atoms with E-state index in [1.54, 1.807) is 7.11 Å². The molecule has 0 saturated carbocycles. The molecule has 1 aromatic carbocycles. The fraction of sp³-hybridized carbons (Fsp3) is 0.500. The van der Waals surface area contributed by atoms with E-state index in [2.05, 4.69) is 19.1 Å². The maximum atomic E-state index is 6.01. The fourth-order valence-electron chi connectivity index (χ4n) is 2.19. The smallest absolute Gasteiger partial charge is 0.122 e. The van der Waals surface area contributed by atoms with Crippen LogP contribution in [0, 0.1) is 0 Å². The Labute approximate surface area is 85.1 Å². The predicted octanol–water partition coefficient (Wildman–Crippen LogP) is 2.20. The van der Waals surface area contributed by atoms with Gasteiger partial charge in [-0.3, -0.25) is 0 Å². The van der Waals surface area contributed by atoms with Gasteiger partial charge in [-0.1, -0.05) is 13.0 Å². The number of ether oxygens (including phenoxy) is 1. The Hall–Kier alpha value is -1.02. The maximum absolute atomic E-state index is 6.01. The van der Waals surface area contributed by atoms with Crippen molar-refractivity contribution in [2.75, 3.05) is 7.11 Å². The van der Waals surface area contributed by atoms with Gasteiger partial charge in [0.05, 0.1) is 7.11 Å². The Morgan fingerprint density at radius 3 is 2.93 bits per heavy atom. The summed E-state index contributed by atoms with van der Waals surface area (Å²) in [5, 5.41) is 0. The van der Waals surface area contributed by atoms with Crippen molar-refractivity contribution in [2.24, 2.45) is 5.73 Å². The highest BCUT2D eigenvalue weighted by molar-refractivity contribution is 5.46. The Morgan fingerprint density at radius 1 is 1.50 bits per heavy atom. The average molecular weight is 191 g/mol. The molecule has 1 aliphatic carbocycles. The first-order chi connectivity index (χ1) is 6.76. The Balaban J connectivity index is 2.49. The lowest BCUT2D eigenvalue weighted by Gasteiger charge is -2.11. The molecular weight excluding hydrogens is 174 g/mol. The molecule has 2 nitrogen and oxygen atoms in total. The van der Waals surface area contributed by atoms with Crippen LogP contribution >= 0.6 is 0 Å². The highest BCUT2D eigenvalue weighted by Crippen LogP contribution is 2.34. The number of hydrogen-bond acceptors (Lipinski definition) is 2. The van der Waals surface area contributed by atoms with Crippen LogP contribution in [-0.4, -0.2) is 7.11 Å². The van der Waals surface area contributed by atoms with Crippen LogP contribution in [0.25, 0.3) is 0 Å². The molecule has 1 aromatic rings. The van der Waals surface area contributed by atoms with Crippen LogP contribution in [0.4, 0.5) is 0 Å². The van der Waals surface area contributed by atoms with Gasteiger partial charge >= 0.3 is 0 Å². The molecule has 2 N–H and O–H groups in total. The Kier molecular flexibility index (Phi) is 2.46. The van der Waals surface area contributed by atoms with Crippen molar-refractivity contribution in [1.29, 1.82) is 0 Å². The van der Waals surface area contributed by atoms with Crippen molar-refractivity contribution in [3.8, 4) is 5.75 Å². The van der Waals surface area contributed by atoms with Gasteiger partial charge in [-0.2, -0.15) is 0 Å². The summed E-state index contributed by atoms with van der Waals surface area (Å²) < 4.78 is 5.35. The molecule has 1 atom stereocenters. The summed E-state index contributed by atoms with van der Waals surface area (Å²) in [7, 11) is 1.72. The van der Waals surface area contributed by atoms with Gasteiger partial charge in [-0.25, -0.2) is 0 Å². The second-order valence-electron chi connectivity index (χ2n) is 3.86.